The van der Waals surface area contributed by atoms with E-state index >= 15 is 0 Å². The average molecular weight is 497 g/mol. The number of hydrogen-bond acceptors (Lipinski definition) is 6. The minimum Gasteiger partial charge on any atom is -0.471 e. The monoisotopic (exact) mass is 496 g/mol. The summed E-state index contributed by atoms with van der Waals surface area (Å²) in [6.07, 6.45) is 0.979. The van der Waals surface area contributed by atoms with Crippen LogP contribution in [0.5, 0.6) is 5.88 Å². The molecule has 1 saturated carbocycles. The van der Waals surface area contributed by atoms with Crippen molar-refractivity contribution in [3.8, 4) is 5.88 Å². The molecule has 0 N–H and O–H groups in total. The summed E-state index contributed by atoms with van der Waals surface area (Å²) in [4.78, 5) is 22.7. The lowest BCUT2D eigenvalue weighted by Gasteiger charge is -2.25. The Kier molecular flexibility index (Phi) is 5.75. The summed E-state index contributed by atoms with van der Waals surface area (Å²) >= 11 is 0. The molecule has 2 aliphatic heterocycles. The van der Waals surface area contributed by atoms with Crippen molar-refractivity contribution in [3.05, 3.63) is 47.9 Å². The first-order valence-electron chi connectivity index (χ1n) is 11.1. The molecule has 3 heterocycles. The Hall–Kier alpha value is -2.73. The smallest absolute Gasteiger partial charge is 0.416 e. The second kappa shape index (κ2) is 8.49. The van der Waals surface area contributed by atoms with Crippen LogP contribution >= 0.6 is 0 Å². The van der Waals surface area contributed by atoms with Crippen molar-refractivity contribution in [1.82, 2.24) is 19.2 Å². The number of aromatic nitrogens is 2. The second-order valence-electron chi connectivity index (χ2n) is 8.86. The topological polar surface area (TPSA) is 92.7 Å². The number of amides is 1. The van der Waals surface area contributed by atoms with E-state index in [4.69, 9.17) is 4.74 Å². The van der Waals surface area contributed by atoms with E-state index in [0.29, 0.717) is 24.8 Å². The highest BCUT2D eigenvalue weighted by atomic mass is 32.2. The van der Waals surface area contributed by atoms with Gasteiger partial charge in [-0.15, -0.1) is 0 Å². The number of rotatable bonds is 5. The van der Waals surface area contributed by atoms with Crippen LogP contribution in [0.1, 0.15) is 42.9 Å². The molecule has 3 aliphatic rings. The molecule has 182 valence electrons. The number of ether oxygens (including phenoxy) is 1. The van der Waals surface area contributed by atoms with Crippen molar-refractivity contribution < 1.29 is 31.1 Å². The van der Waals surface area contributed by atoms with E-state index in [1.807, 2.05) is 0 Å². The minimum atomic E-state index is -4.56. The highest BCUT2D eigenvalue weighted by Gasteiger charge is 2.42. The molecule has 0 radical (unpaired) electrons. The highest BCUT2D eigenvalue weighted by Crippen LogP contribution is 2.38. The van der Waals surface area contributed by atoms with Gasteiger partial charge < -0.3 is 9.64 Å². The zero-order valence-electron chi connectivity index (χ0n) is 18.1. The first-order chi connectivity index (χ1) is 16.1. The van der Waals surface area contributed by atoms with Crippen LogP contribution in [0.25, 0.3) is 0 Å². The predicted molar refractivity (Wildman–Crippen MR) is 113 cm³/mol. The Morgan fingerprint density at radius 1 is 1.03 bits per heavy atom. The molecule has 0 bridgehead atoms. The first-order valence-corrected chi connectivity index (χ1v) is 12.5. The van der Waals surface area contributed by atoms with Crippen LogP contribution in [0.3, 0.4) is 0 Å². The molecule has 1 aromatic heterocycles. The average Bonchev–Trinajstić information content (AvgIpc) is 3.59. The number of hydrogen-bond donors (Lipinski definition) is 0. The molecule has 1 aliphatic carbocycles. The van der Waals surface area contributed by atoms with Crippen molar-refractivity contribution >= 4 is 15.9 Å². The van der Waals surface area contributed by atoms with E-state index in [9.17, 15) is 26.4 Å². The highest BCUT2D eigenvalue weighted by molar-refractivity contribution is 7.89. The Morgan fingerprint density at radius 3 is 2.38 bits per heavy atom. The van der Waals surface area contributed by atoms with Gasteiger partial charge in [0, 0.05) is 37.9 Å². The van der Waals surface area contributed by atoms with Crippen molar-refractivity contribution in [3.63, 3.8) is 0 Å². The van der Waals surface area contributed by atoms with Gasteiger partial charge in [0.1, 0.15) is 6.10 Å². The van der Waals surface area contributed by atoms with Gasteiger partial charge in [0.2, 0.25) is 21.8 Å². The van der Waals surface area contributed by atoms with Crippen LogP contribution in [0, 0.1) is 0 Å². The summed E-state index contributed by atoms with van der Waals surface area (Å²) < 4.78 is 71.9. The predicted octanol–water partition coefficient (Wildman–Crippen LogP) is 2.82. The second-order valence-corrected chi connectivity index (χ2v) is 10.8. The normalized spacial score (nSPS) is 24.1. The van der Waals surface area contributed by atoms with Gasteiger partial charge in [0.15, 0.2) is 0 Å². The fourth-order valence-electron chi connectivity index (χ4n) is 4.46. The lowest BCUT2D eigenvalue weighted by Crippen LogP contribution is -2.40. The van der Waals surface area contributed by atoms with Crippen molar-refractivity contribution in [2.45, 2.75) is 54.8 Å². The van der Waals surface area contributed by atoms with Crippen LogP contribution in [0.2, 0.25) is 0 Å². The van der Waals surface area contributed by atoms with Crippen LogP contribution < -0.4 is 4.74 Å². The third kappa shape index (κ3) is 4.61. The molecule has 12 heteroatoms. The number of sulfonamides is 1. The maximum atomic E-state index is 13.1. The summed E-state index contributed by atoms with van der Waals surface area (Å²) in [5, 5.41) is 0. The summed E-state index contributed by atoms with van der Waals surface area (Å²) in [5.41, 5.74) is 0.0136. The summed E-state index contributed by atoms with van der Waals surface area (Å²) in [5.74, 6) is 0.645. The molecule has 34 heavy (non-hydrogen) atoms. The standard InChI is InChI=1S/C22H23F3N4O4S/c23-22(24,25)15-3-5-18(6-4-15)34(31,32)28-8-7-21(30)29-13-17(9-16(29)12-28)33-20-11-26-19(10-27-20)14-1-2-14/h3-6,10-11,14,16-17H,1-2,7-9,12-13H2/t16-,17+/m1/s1. The van der Waals surface area contributed by atoms with E-state index in [2.05, 4.69) is 9.97 Å². The lowest BCUT2D eigenvalue weighted by molar-refractivity contribution is -0.137. The summed E-state index contributed by atoms with van der Waals surface area (Å²) in [7, 11) is -4.07. The zero-order valence-corrected chi connectivity index (χ0v) is 18.9. The Balaban J connectivity index is 1.28. The van der Waals surface area contributed by atoms with Crippen LogP contribution in [-0.4, -0.2) is 65.3 Å². The Labute approximate surface area is 194 Å². The summed E-state index contributed by atoms with van der Waals surface area (Å²) in [6.45, 7) is 0.319. The zero-order chi connectivity index (χ0) is 24.1. The molecular formula is C22H23F3N4O4S. The molecule has 0 spiro atoms. The number of benzene rings is 1. The van der Waals surface area contributed by atoms with Crippen molar-refractivity contribution in [2.24, 2.45) is 0 Å². The van der Waals surface area contributed by atoms with E-state index < -0.39 is 27.8 Å². The molecule has 8 nitrogen and oxygen atoms in total. The van der Waals surface area contributed by atoms with Gasteiger partial charge >= 0.3 is 6.18 Å². The molecule has 0 unspecified atom stereocenters. The SMILES string of the molecule is O=C1CCN(S(=O)(=O)c2ccc(C(F)(F)F)cc2)C[C@H]2C[C@H](Oc3cnc(C4CC4)cn3)CN12. The fraction of sp³-hybridized carbons (Fsp3) is 0.500. The van der Waals surface area contributed by atoms with Crippen molar-refractivity contribution in [1.29, 1.82) is 0 Å². The number of carbonyl (C=O) groups excluding carboxylic acids is 1. The summed E-state index contributed by atoms with van der Waals surface area (Å²) in [6, 6.07) is 3.00. The Morgan fingerprint density at radius 2 is 1.76 bits per heavy atom. The number of nitrogens with zero attached hydrogens (tertiary/aromatic N) is 4. The Bertz CT molecular complexity index is 1170. The molecule has 2 saturated heterocycles. The maximum Gasteiger partial charge on any atom is 0.416 e. The fourth-order valence-corrected chi connectivity index (χ4v) is 5.94. The minimum absolute atomic E-state index is 0.0149. The molecule has 2 aromatic rings. The maximum absolute atomic E-state index is 13.1. The van der Waals surface area contributed by atoms with Gasteiger partial charge in [0.05, 0.1) is 35.1 Å². The van der Waals surface area contributed by atoms with Gasteiger partial charge in [-0.25, -0.2) is 13.4 Å². The van der Waals surface area contributed by atoms with Gasteiger partial charge in [-0.05, 0) is 37.1 Å². The molecule has 1 amide bonds. The lowest BCUT2D eigenvalue weighted by atomic mass is 10.2. The number of halogens is 3. The molecule has 3 fully saturated rings. The van der Waals surface area contributed by atoms with Gasteiger partial charge in [0.25, 0.3) is 0 Å². The molecule has 2 atom stereocenters. The van der Waals surface area contributed by atoms with Gasteiger partial charge in [-0.3, -0.25) is 9.78 Å². The number of carbonyl (C=O) groups is 1. The molecular weight excluding hydrogens is 473 g/mol. The van der Waals surface area contributed by atoms with E-state index in [1.54, 1.807) is 17.3 Å². The largest absolute Gasteiger partial charge is 0.471 e. The van der Waals surface area contributed by atoms with E-state index in [0.717, 1.165) is 42.8 Å². The molecule has 5 rings (SSSR count). The third-order valence-corrected chi connectivity index (χ3v) is 8.32. The van der Waals surface area contributed by atoms with E-state index in [1.165, 1.54) is 4.31 Å². The van der Waals surface area contributed by atoms with Crippen molar-refractivity contribution in [2.75, 3.05) is 19.6 Å². The third-order valence-electron chi connectivity index (χ3n) is 6.44. The van der Waals surface area contributed by atoms with E-state index in [-0.39, 0.29) is 36.4 Å². The molecule has 1 aromatic carbocycles. The van der Waals surface area contributed by atoms with Gasteiger partial charge in [-0.1, -0.05) is 0 Å². The first kappa shape index (κ1) is 23.0. The van der Waals surface area contributed by atoms with Gasteiger partial charge in [-0.2, -0.15) is 17.5 Å². The van der Waals surface area contributed by atoms with Crippen LogP contribution in [0.4, 0.5) is 13.2 Å². The number of alkyl halides is 3. The number of fused-ring (bicyclic) bond motifs is 1. The quantitative estimate of drug-likeness (QED) is 0.632. The van der Waals surface area contributed by atoms with Crippen LogP contribution in [-0.2, 0) is 21.0 Å². The van der Waals surface area contributed by atoms with Crippen LogP contribution in [0.15, 0.2) is 41.6 Å².